The summed E-state index contributed by atoms with van der Waals surface area (Å²) in [6, 6.07) is 2.47. The molecule has 1 unspecified atom stereocenters. The van der Waals surface area contributed by atoms with E-state index in [2.05, 4.69) is 29.7 Å². The van der Waals surface area contributed by atoms with Gasteiger partial charge in [-0.05, 0) is 26.3 Å². The van der Waals surface area contributed by atoms with E-state index in [4.69, 9.17) is 5.73 Å². The first-order chi connectivity index (χ1) is 6.19. The van der Waals surface area contributed by atoms with Crippen molar-refractivity contribution in [3.05, 3.63) is 17.5 Å². The Bertz CT molecular complexity index is 265. The van der Waals surface area contributed by atoms with Crippen LogP contribution in [0.2, 0.25) is 0 Å². The van der Waals surface area contributed by atoms with Crippen LogP contribution in [0.25, 0.3) is 0 Å². The van der Waals surface area contributed by atoms with Gasteiger partial charge in [-0.3, -0.25) is 4.68 Å². The van der Waals surface area contributed by atoms with E-state index in [0.717, 1.165) is 18.5 Å². The molecule has 1 heterocycles. The summed E-state index contributed by atoms with van der Waals surface area (Å²) in [7, 11) is 0. The lowest BCUT2D eigenvalue weighted by Crippen LogP contribution is -2.21. The van der Waals surface area contributed by atoms with Gasteiger partial charge in [0.1, 0.15) is 0 Å². The van der Waals surface area contributed by atoms with Gasteiger partial charge in [0.25, 0.3) is 0 Å². The molecule has 1 atom stereocenters. The molecule has 1 aromatic rings. The number of aryl methyl sites for hydroxylation is 2. The highest BCUT2D eigenvalue weighted by atomic mass is 15.3. The van der Waals surface area contributed by atoms with Crippen LogP contribution < -0.4 is 5.73 Å². The number of nitrogens with zero attached hydrogens (tertiary/aromatic N) is 2. The van der Waals surface area contributed by atoms with Gasteiger partial charge in [0.2, 0.25) is 0 Å². The molecule has 13 heavy (non-hydrogen) atoms. The van der Waals surface area contributed by atoms with Gasteiger partial charge in [0.05, 0.1) is 11.7 Å². The smallest absolute Gasteiger partial charge is 0.0644 e. The lowest BCUT2D eigenvalue weighted by molar-refractivity contribution is 0.419. The molecule has 0 aliphatic rings. The highest BCUT2D eigenvalue weighted by Crippen LogP contribution is 2.14. The second-order valence-electron chi connectivity index (χ2n) is 3.55. The van der Waals surface area contributed by atoms with Gasteiger partial charge in [-0.25, -0.2) is 0 Å². The van der Waals surface area contributed by atoms with Crippen molar-refractivity contribution in [3.63, 3.8) is 0 Å². The van der Waals surface area contributed by atoms with Gasteiger partial charge >= 0.3 is 0 Å². The molecule has 0 spiro atoms. The zero-order valence-corrected chi connectivity index (χ0v) is 8.75. The van der Waals surface area contributed by atoms with Crippen LogP contribution in [0.15, 0.2) is 6.07 Å². The van der Waals surface area contributed by atoms with Gasteiger partial charge in [-0.15, -0.1) is 0 Å². The van der Waals surface area contributed by atoms with Crippen LogP contribution in [0.5, 0.6) is 0 Å². The topological polar surface area (TPSA) is 43.8 Å². The maximum atomic E-state index is 5.71. The minimum absolute atomic E-state index is 0.374. The van der Waals surface area contributed by atoms with Crippen molar-refractivity contribution < 1.29 is 0 Å². The van der Waals surface area contributed by atoms with Crippen molar-refractivity contribution in [1.29, 1.82) is 0 Å². The molecule has 0 aromatic carbocycles. The molecular weight excluding hydrogens is 162 g/mol. The normalized spacial score (nSPS) is 13.2. The lowest BCUT2D eigenvalue weighted by Gasteiger charge is -2.16. The molecule has 0 saturated heterocycles. The van der Waals surface area contributed by atoms with Gasteiger partial charge in [-0.2, -0.15) is 5.10 Å². The first-order valence-electron chi connectivity index (χ1n) is 4.91. The zero-order valence-electron chi connectivity index (χ0n) is 8.75. The summed E-state index contributed by atoms with van der Waals surface area (Å²) >= 11 is 0. The third kappa shape index (κ3) is 2.31. The highest BCUT2D eigenvalue weighted by molar-refractivity contribution is 5.07. The third-order valence-electron chi connectivity index (χ3n) is 2.28. The molecular formula is C10H19N3. The maximum absolute atomic E-state index is 5.71. The Hall–Kier alpha value is -0.830. The number of hydrogen-bond donors (Lipinski definition) is 1. The highest BCUT2D eigenvalue weighted by Gasteiger charge is 2.11. The number of nitrogens with two attached hydrogens (primary N) is 1. The van der Waals surface area contributed by atoms with Crippen molar-refractivity contribution in [1.82, 2.24) is 9.78 Å². The van der Waals surface area contributed by atoms with Crippen LogP contribution in [0.3, 0.4) is 0 Å². The predicted molar refractivity (Wildman–Crippen MR) is 54.7 cm³/mol. The van der Waals surface area contributed by atoms with Crippen molar-refractivity contribution in [2.75, 3.05) is 6.54 Å². The monoisotopic (exact) mass is 181 g/mol. The van der Waals surface area contributed by atoms with Gasteiger partial charge in [0, 0.05) is 12.2 Å². The predicted octanol–water partition coefficient (Wildman–Crippen LogP) is 1.80. The maximum Gasteiger partial charge on any atom is 0.0644 e. The summed E-state index contributed by atoms with van der Waals surface area (Å²) in [4.78, 5) is 0. The molecule has 0 fully saturated rings. The molecule has 1 aromatic heterocycles. The van der Waals surface area contributed by atoms with Crippen LogP contribution in [0.4, 0.5) is 0 Å². The number of hydrogen-bond acceptors (Lipinski definition) is 2. The van der Waals surface area contributed by atoms with Crippen LogP contribution in [-0.4, -0.2) is 16.3 Å². The van der Waals surface area contributed by atoms with Crippen LogP contribution in [0.1, 0.15) is 37.2 Å². The van der Waals surface area contributed by atoms with E-state index in [0.29, 0.717) is 12.6 Å². The Morgan fingerprint density at radius 1 is 1.54 bits per heavy atom. The molecule has 1 rings (SSSR count). The Morgan fingerprint density at radius 2 is 2.23 bits per heavy atom. The van der Waals surface area contributed by atoms with Gasteiger partial charge in [-0.1, -0.05) is 13.3 Å². The Morgan fingerprint density at radius 3 is 2.62 bits per heavy atom. The number of rotatable bonds is 4. The van der Waals surface area contributed by atoms with E-state index in [9.17, 15) is 0 Å². The molecule has 3 heteroatoms. The van der Waals surface area contributed by atoms with E-state index in [1.807, 2.05) is 6.92 Å². The third-order valence-corrected chi connectivity index (χ3v) is 2.28. The van der Waals surface area contributed by atoms with Crippen molar-refractivity contribution in [2.45, 2.75) is 39.7 Å². The van der Waals surface area contributed by atoms with Crippen molar-refractivity contribution >= 4 is 0 Å². The minimum Gasteiger partial charge on any atom is -0.328 e. The SMILES string of the molecule is CCCC(CN)n1nc(C)cc1C. The Balaban J connectivity index is 2.83. The molecule has 2 N–H and O–H groups in total. The Labute approximate surface area is 79.9 Å². The molecule has 3 nitrogen and oxygen atoms in total. The molecule has 0 amide bonds. The van der Waals surface area contributed by atoms with E-state index in [-0.39, 0.29) is 0 Å². The fourth-order valence-corrected chi connectivity index (χ4v) is 1.69. The molecule has 74 valence electrons. The second kappa shape index (κ2) is 4.42. The Kier molecular flexibility index (Phi) is 3.48. The molecule has 0 aliphatic carbocycles. The van der Waals surface area contributed by atoms with Crippen LogP contribution in [0, 0.1) is 13.8 Å². The van der Waals surface area contributed by atoms with E-state index >= 15 is 0 Å². The summed E-state index contributed by atoms with van der Waals surface area (Å²) in [5.41, 5.74) is 7.99. The summed E-state index contributed by atoms with van der Waals surface area (Å²) in [5.74, 6) is 0. The summed E-state index contributed by atoms with van der Waals surface area (Å²) in [6.45, 7) is 6.95. The average molecular weight is 181 g/mol. The first kappa shape index (κ1) is 10.3. The molecule has 0 radical (unpaired) electrons. The van der Waals surface area contributed by atoms with E-state index in [1.54, 1.807) is 0 Å². The average Bonchev–Trinajstić information content (AvgIpc) is 2.41. The molecule has 0 aliphatic heterocycles. The van der Waals surface area contributed by atoms with Crippen molar-refractivity contribution in [2.24, 2.45) is 5.73 Å². The number of aromatic nitrogens is 2. The van der Waals surface area contributed by atoms with E-state index in [1.165, 1.54) is 5.69 Å². The van der Waals surface area contributed by atoms with Crippen LogP contribution in [-0.2, 0) is 0 Å². The fraction of sp³-hybridized carbons (Fsp3) is 0.700. The zero-order chi connectivity index (χ0) is 9.84. The quantitative estimate of drug-likeness (QED) is 0.769. The summed E-state index contributed by atoms with van der Waals surface area (Å²) < 4.78 is 2.05. The van der Waals surface area contributed by atoms with E-state index < -0.39 is 0 Å². The standard InChI is InChI=1S/C10H19N3/c1-4-5-10(7-11)13-9(3)6-8(2)12-13/h6,10H,4-5,7,11H2,1-3H3. The second-order valence-corrected chi connectivity index (χ2v) is 3.55. The summed E-state index contributed by atoms with van der Waals surface area (Å²) in [6.07, 6.45) is 2.26. The lowest BCUT2D eigenvalue weighted by atomic mass is 10.1. The first-order valence-corrected chi connectivity index (χ1v) is 4.91. The molecule has 0 saturated carbocycles. The minimum atomic E-state index is 0.374. The fourth-order valence-electron chi connectivity index (χ4n) is 1.69. The van der Waals surface area contributed by atoms with Crippen molar-refractivity contribution in [3.8, 4) is 0 Å². The van der Waals surface area contributed by atoms with Gasteiger partial charge in [0.15, 0.2) is 0 Å². The van der Waals surface area contributed by atoms with Gasteiger partial charge < -0.3 is 5.73 Å². The van der Waals surface area contributed by atoms with Crippen LogP contribution >= 0.6 is 0 Å². The summed E-state index contributed by atoms with van der Waals surface area (Å²) in [5, 5.41) is 4.44. The molecule has 0 bridgehead atoms. The largest absolute Gasteiger partial charge is 0.328 e.